The van der Waals surface area contributed by atoms with E-state index in [1.165, 1.54) is 0 Å². The Bertz CT molecular complexity index is 539. The van der Waals surface area contributed by atoms with Gasteiger partial charge in [0.1, 0.15) is 0 Å². The van der Waals surface area contributed by atoms with Crippen LogP contribution in [0.15, 0.2) is 16.8 Å². The van der Waals surface area contributed by atoms with E-state index < -0.39 is 6.10 Å². The van der Waals surface area contributed by atoms with Gasteiger partial charge in [-0.15, -0.1) is 0 Å². The predicted octanol–water partition coefficient (Wildman–Crippen LogP) is 3.00. The molecule has 4 nitrogen and oxygen atoms in total. The summed E-state index contributed by atoms with van der Waals surface area (Å²) in [6, 6.07) is 1.94. The van der Waals surface area contributed by atoms with E-state index in [0.29, 0.717) is 13.1 Å². The van der Waals surface area contributed by atoms with Crippen LogP contribution in [0.5, 0.6) is 0 Å². The maximum absolute atomic E-state index is 10.0. The summed E-state index contributed by atoms with van der Waals surface area (Å²) in [5, 5.41) is 22.4. The van der Waals surface area contributed by atoms with Gasteiger partial charge in [-0.2, -0.15) is 16.4 Å². The highest BCUT2D eigenvalue weighted by Crippen LogP contribution is 2.22. The average molecular weight is 314 g/mol. The van der Waals surface area contributed by atoms with Crippen LogP contribution in [0.4, 0.5) is 0 Å². The van der Waals surface area contributed by atoms with Crippen LogP contribution in [0.25, 0.3) is 0 Å². The van der Waals surface area contributed by atoms with Crippen molar-refractivity contribution in [1.82, 2.24) is 15.1 Å². The number of aliphatic hydroxyl groups is 1. The molecule has 2 N–H and O–H groups in total. The molecule has 2 rings (SSSR count). The van der Waals surface area contributed by atoms with E-state index in [4.69, 9.17) is 11.6 Å². The van der Waals surface area contributed by atoms with Crippen molar-refractivity contribution in [2.45, 2.75) is 39.5 Å². The highest BCUT2D eigenvalue weighted by atomic mass is 35.5. The second-order valence-corrected chi connectivity index (χ2v) is 5.74. The lowest BCUT2D eigenvalue weighted by molar-refractivity contribution is 0.174. The Balaban J connectivity index is 1.95. The van der Waals surface area contributed by atoms with Crippen LogP contribution in [-0.4, -0.2) is 21.4 Å². The van der Waals surface area contributed by atoms with E-state index in [0.717, 1.165) is 34.9 Å². The molecule has 0 fully saturated rings. The lowest BCUT2D eigenvalue weighted by Gasteiger charge is -2.11. The zero-order chi connectivity index (χ0) is 14.5. The van der Waals surface area contributed by atoms with Crippen LogP contribution in [0.1, 0.15) is 36.9 Å². The molecule has 0 bridgehead atoms. The molecule has 2 heterocycles. The maximum atomic E-state index is 10.0. The summed E-state index contributed by atoms with van der Waals surface area (Å²) in [5.41, 5.74) is 2.87. The summed E-state index contributed by atoms with van der Waals surface area (Å²) in [5.74, 6) is 0. The van der Waals surface area contributed by atoms with Crippen LogP contribution < -0.4 is 5.32 Å². The lowest BCUT2D eigenvalue weighted by Crippen LogP contribution is -2.22. The Hall–Kier alpha value is -0.880. The largest absolute Gasteiger partial charge is 0.387 e. The van der Waals surface area contributed by atoms with Gasteiger partial charge in [0, 0.05) is 19.6 Å². The van der Waals surface area contributed by atoms with Crippen LogP contribution in [0.3, 0.4) is 0 Å². The minimum Gasteiger partial charge on any atom is -0.387 e. The van der Waals surface area contributed by atoms with Crippen molar-refractivity contribution < 1.29 is 5.11 Å². The summed E-state index contributed by atoms with van der Waals surface area (Å²) in [4.78, 5) is 0. The standard InChI is InChI=1S/C14H20ClN3OS/c1-3-11-14(15)12(18(4-2)17-11)7-16-8-13(19)10-5-6-20-9-10/h5-6,9,13,16,19H,3-4,7-8H2,1-2H3. The number of thiophene rings is 1. The molecule has 0 amide bonds. The molecule has 20 heavy (non-hydrogen) atoms. The van der Waals surface area contributed by atoms with Crippen molar-refractivity contribution in [2.24, 2.45) is 0 Å². The molecule has 0 saturated heterocycles. The Kier molecular flexibility index (Phi) is 5.60. The summed E-state index contributed by atoms with van der Waals surface area (Å²) in [6.45, 7) is 6.01. The fourth-order valence-corrected chi connectivity index (χ4v) is 3.14. The summed E-state index contributed by atoms with van der Waals surface area (Å²) < 4.78 is 1.92. The zero-order valence-electron chi connectivity index (χ0n) is 11.8. The first-order valence-electron chi connectivity index (χ1n) is 6.82. The second-order valence-electron chi connectivity index (χ2n) is 4.58. The molecule has 2 aromatic heterocycles. The van der Waals surface area contributed by atoms with Gasteiger partial charge < -0.3 is 10.4 Å². The van der Waals surface area contributed by atoms with Crippen molar-refractivity contribution in [3.05, 3.63) is 38.8 Å². The normalized spacial score (nSPS) is 12.8. The minimum absolute atomic E-state index is 0.483. The molecule has 6 heteroatoms. The van der Waals surface area contributed by atoms with Gasteiger partial charge >= 0.3 is 0 Å². The molecule has 0 aliphatic carbocycles. The minimum atomic E-state index is -0.483. The van der Waals surface area contributed by atoms with Crippen LogP contribution in [-0.2, 0) is 19.5 Å². The van der Waals surface area contributed by atoms with E-state index >= 15 is 0 Å². The SMILES string of the molecule is CCc1nn(CC)c(CNCC(O)c2ccsc2)c1Cl. The fraction of sp³-hybridized carbons (Fsp3) is 0.500. The average Bonchev–Trinajstić information content (AvgIpc) is 3.08. The van der Waals surface area contributed by atoms with Gasteiger partial charge in [-0.1, -0.05) is 18.5 Å². The van der Waals surface area contributed by atoms with Crippen molar-refractivity contribution in [3.8, 4) is 0 Å². The van der Waals surface area contributed by atoms with Gasteiger partial charge in [0.05, 0.1) is 22.5 Å². The Morgan fingerprint density at radius 3 is 2.90 bits per heavy atom. The topological polar surface area (TPSA) is 50.1 Å². The number of nitrogens with zero attached hydrogens (tertiary/aromatic N) is 2. The molecule has 0 aliphatic rings. The quantitative estimate of drug-likeness (QED) is 0.826. The van der Waals surface area contributed by atoms with Gasteiger partial charge in [-0.3, -0.25) is 4.68 Å². The van der Waals surface area contributed by atoms with Crippen LogP contribution in [0, 0.1) is 0 Å². The van der Waals surface area contributed by atoms with Crippen molar-refractivity contribution in [1.29, 1.82) is 0 Å². The van der Waals surface area contributed by atoms with Gasteiger partial charge in [0.25, 0.3) is 0 Å². The Morgan fingerprint density at radius 2 is 2.30 bits per heavy atom. The summed E-state index contributed by atoms with van der Waals surface area (Å²) >= 11 is 7.93. The second kappa shape index (κ2) is 7.22. The molecule has 1 atom stereocenters. The zero-order valence-corrected chi connectivity index (χ0v) is 13.3. The molecule has 0 aromatic carbocycles. The molecule has 0 aliphatic heterocycles. The first kappa shape index (κ1) is 15.5. The van der Waals surface area contributed by atoms with Crippen LogP contribution in [0.2, 0.25) is 5.02 Å². The molecule has 1 unspecified atom stereocenters. The third-order valence-electron chi connectivity index (χ3n) is 3.25. The molecule has 0 saturated carbocycles. The van der Waals surface area contributed by atoms with Gasteiger partial charge in [0.15, 0.2) is 0 Å². The molecule has 0 radical (unpaired) electrons. The van der Waals surface area contributed by atoms with E-state index in [1.807, 2.05) is 35.4 Å². The lowest BCUT2D eigenvalue weighted by atomic mass is 10.2. The van der Waals surface area contributed by atoms with Crippen molar-refractivity contribution in [2.75, 3.05) is 6.54 Å². The summed E-state index contributed by atoms with van der Waals surface area (Å²) in [7, 11) is 0. The van der Waals surface area contributed by atoms with Gasteiger partial charge in [-0.25, -0.2) is 0 Å². The first-order chi connectivity index (χ1) is 9.67. The van der Waals surface area contributed by atoms with Crippen molar-refractivity contribution in [3.63, 3.8) is 0 Å². The number of aliphatic hydroxyl groups excluding tert-OH is 1. The number of hydrogen-bond donors (Lipinski definition) is 2. The number of halogens is 1. The molecule has 2 aromatic rings. The van der Waals surface area contributed by atoms with E-state index in [-0.39, 0.29) is 0 Å². The van der Waals surface area contributed by atoms with Gasteiger partial charge in [-0.05, 0) is 35.7 Å². The number of hydrogen-bond acceptors (Lipinski definition) is 4. The van der Waals surface area contributed by atoms with E-state index in [1.54, 1.807) is 11.3 Å². The smallest absolute Gasteiger partial charge is 0.0922 e. The number of aromatic nitrogens is 2. The van der Waals surface area contributed by atoms with E-state index in [2.05, 4.69) is 10.4 Å². The van der Waals surface area contributed by atoms with E-state index in [9.17, 15) is 5.11 Å². The predicted molar refractivity (Wildman–Crippen MR) is 83.3 cm³/mol. The highest BCUT2D eigenvalue weighted by Gasteiger charge is 2.14. The van der Waals surface area contributed by atoms with Gasteiger partial charge in [0.2, 0.25) is 0 Å². The number of nitrogens with one attached hydrogen (secondary N) is 1. The number of aryl methyl sites for hydroxylation is 2. The molecule has 0 spiro atoms. The van der Waals surface area contributed by atoms with Crippen molar-refractivity contribution >= 4 is 22.9 Å². The molecular formula is C14H20ClN3OS. The third-order valence-corrected chi connectivity index (χ3v) is 4.39. The molecule has 110 valence electrons. The maximum Gasteiger partial charge on any atom is 0.0922 e. The Labute approximate surface area is 128 Å². The first-order valence-corrected chi connectivity index (χ1v) is 8.14. The number of rotatable bonds is 7. The highest BCUT2D eigenvalue weighted by molar-refractivity contribution is 7.07. The third kappa shape index (κ3) is 3.41. The Morgan fingerprint density at radius 1 is 1.50 bits per heavy atom. The van der Waals surface area contributed by atoms with Crippen LogP contribution >= 0.6 is 22.9 Å². The monoisotopic (exact) mass is 313 g/mol. The fourth-order valence-electron chi connectivity index (χ4n) is 2.10. The summed E-state index contributed by atoms with van der Waals surface area (Å²) in [6.07, 6.45) is 0.347. The molecular weight excluding hydrogens is 294 g/mol.